The highest BCUT2D eigenvalue weighted by Crippen LogP contribution is 2.37. The van der Waals surface area contributed by atoms with Gasteiger partial charge >= 0.3 is 0 Å². The molecule has 29 heavy (non-hydrogen) atoms. The lowest BCUT2D eigenvalue weighted by Crippen LogP contribution is -2.54. The molecule has 4 rings (SSSR count). The molecule has 1 unspecified atom stereocenters. The Hall–Kier alpha value is -0.850. The molecule has 3 aliphatic heterocycles. The zero-order valence-electron chi connectivity index (χ0n) is 17.6. The summed E-state index contributed by atoms with van der Waals surface area (Å²) in [4.78, 5) is 15.3. The van der Waals surface area contributed by atoms with Gasteiger partial charge in [0.2, 0.25) is 5.91 Å². The smallest absolute Gasteiger partial charge is 0.237 e. The first kappa shape index (κ1) is 24.4. The Labute approximate surface area is 187 Å². The van der Waals surface area contributed by atoms with E-state index in [9.17, 15) is 4.79 Å². The van der Waals surface area contributed by atoms with Crippen LogP contribution >= 0.6 is 24.8 Å². The highest BCUT2D eigenvalue weighted by molar-refractivity contribution is 5.85. The maximum atomic E-state index is 12.8. The third kappa shape index (κ3) is 5.45. The molecule has 1 aromatic carbocycles. The Kier molecular flexibility index (Phi) is 8.40. The minimum absolute atomic E-state index is 0. The van der Waals surface area contributed by atoms with Crippen molar-refractivity contribution in [3.05, 3.63) is 35.4 Å². The van der Waals surface area contributed by atoms with Crippen LogP contribution < -0.4 is 16.0 Å². The zero-order valence-corrected chi connectivity index (χ0v) is 19.3. The summed E-state index contributed by atoms with van der Waals surface area (Å²) in [7, 11) is 0. The van der Waals surface area contributed by atoms with Gasteiger partial charge in [-0.1, -0.05) is 24.3 Å². The average molecular weight is 443 g/mol. The van der Waals surface area contributed by atoms with Crippen molar-refractivity contribution in [2.45, 2.75) is 57.7 Å². The largest absolute Gasteiger partial charge is 0.353 e. The van der Waals surface area contributed by atoms with E-state index in [2.05, 4.69) is 59.0 Å². The van der Waals surface area contributed by atoms with Crippen LogP contribution in [0.4, 0.5) is 0 Å². The fourth-order valence-corrected chi connectivity index (χ4v) is 4.99. The lowest BCUT2D eigenvalue weighted by molar-refractivity contribution is -0.123. The van der Waals surface area contributed by atoms with E-state index in [0.717, 1.165) is 45.6 Å². The van der Waals surface area contributed by atoms with E-state index in [-0.39, 0.29) is 42.3 Å². The Bertz CT molecular complexity index is 691. The predicted octanol–water partition coefficient (Wildman–Crippen LogP) is 2.51. The number of carbonyl (C=O) groups excluding carboxylic acids is 1. The van der Waals surface area contributed by atoms with E-state index >= 15 is 0 Å². The highest BCUT2D eigenvalue weighted by Gasteiger charge is 2.42. The van der Waals surface area contributed by atoms with Gasteiger partial charge in [-0.15, -0.1) is 24.8 Å². The van der Waals surface area contributed by atoms with Crippen LogP contribution in [0.3, 0.4) is 0 Å². The monoisotopic (exact) mass is 442 g/mol. The van der Waals surface area contributed by atoms with Gasteiger partial charge in [0.25, 0.3) is 0 Å². The van der Waals surface area contributed by atoms with E-state index in [1.807, 2.05) is 0 Å². The summed E-state index contributed by atoms with van der Waals surface area (Å²) in [5.74, 6) is 0.177. The van der Waals surface area contributed by atoms with Gasteiger partial charge in [0.05, 0.1) is 6.04 Å². The van der Waals surface area contributed by atoms with Crippen molar-refractivity contribution in [3.8, 4) is 0 Å². The molecule has 3 heterocycles. The van der Waals surface area contributed by atoms with Gasteiger partial charge in [-0.2, -0.15) is 0 Å². The first-order chi connectivity index (χ1) is 13.0. The molecule has 164 valence electrons. The normalized spacial score (nSPS) is 23.6. The number of rotatable bonds is 4. The maximum Gasteiger partial charge on any atom is 0.237 e. The van der Waals surface area contributed by atoms with Crippen LogP contribution in [0.25, 0.3) is 0 Å². The Morgan fingerprint density at radius 1 is 1.21 bits per heavy atom. The van der Waals surface area contributed by atoms with Crippen LogP contribution in [-0.2, 0) is 17.8 Å². The second kappa shape index (κ2) is 9.97. The summed E-state index contributed by atoms with van der Waals surface area (Å²) >= 11 is 0. The van der Waals surface area contributed by atoms with Gasteiger partial charge in [-0.3, -0.25) is 9.69 Å². The number of hydrogen-bond acceptors (Lipinski definition) is 4. The molecule has 2 saturated heterocycles. The van der Waals surface area contributed by atoms with Crippen molar-refractivity contribution in [2.24, 2.45) is 5.41 Å². The Morgan fingerprint density at radius 2 is 1.90 bits per heavy atom. The number of hydrogen-bond donors (Lipinski definition) is 3. The van der Waals surface area contributed by atoms with Crippen LogP contribution in [0.1, 0.15) is 44.2 Å². The standard InChI is InChI=1S/C22H34N4O.2ClH/c1-21(2,26-12-7-17-5-3-4-6-18(17)14-26)15-25-20(27)19-13-22(16-24-19)8-10-23-11-9-22;;/h3-6,19,23-24H,7-16H2,1-2H3,(H,25,27);2*1H. The molecule has 0 radical (unpaired) electrons. The van der Waals surface area contributed by atoms with Crippen molar-refractivity contribution in [1.82, 2.24) is 20.9 Å². The molecule has 0 bridgehead atoms. The van der Waals surface area contributed by atoms with E-state index in [1.165, 1.54) is 24.0 Å². The van der Waals surface area contributed by atoms with E-state index < -0.39 is 0 Å². The predicted molar refractivity (Wildman–Crippen MR) is 123 cm³/mol. The van der Waals surface area contributed by atoms with Crippen LogP contribution in [0.5, 0.6) is 0 Å². The molecular formula is C22H36Cl2N4O. The molecular weight excluding hydrogens is 407 g/mol. The molecule has 3 N–H and O–H groups in total. The molecule has 5 nitrogen and oxygen atoms in total. The quantitative estimate of drug-likeness (QED) is 0.670. The fourth-order valence-electron chi connectivity index (χ4n) is 4.99. The van der Waals surface area contributed by atoms with Gasteiger partial charge in [0.1, 0.15) is 0 Å². The SMILES string of the molecule is CC(C)(CNC(=O)C1CC2(CCNCC2)CN1)N1CCc2ccccc2C1.Cl.Cl. The maximum absolute atomic E-state index is 12.8. The Morgan fingerprint density at radius 3 is 2.62 bits per heavy atom. The number of carbonyl (C=O) groups is 1. The third-order valence-electron chi connectivity index (χ3n) is 7.02. The first-order valence-electron chi connectivity index (χ1n) is 10.5. The van der Waals surface area contributed by atoms with Gasteiger partial charge in [-0.05, 0) is 69.2 Å². The lowest BCUT2D eigenvalue weighted by atomic mass is 9.77. The number of halogens is 2. The number of fused-ring (bicyclic) bond motifs is 1. The fraction of sp³-hybridized carbons (Fsp3) is 0.682. The molecule has 1 spiro atoms. The van der Waals surface area contributed by atoms with Crippen molar-refractivity contribution in [3.63, 3.8) is 0 Å². The average Bonchev–Trinajstić information content (AvgIpc) is 3.09. The molecule has 2 fully saturated rings. The summed E-state index contributed by atoms with van der Waals surface area (Å²) < 4.78 is 0. The lowest BCUT2D eigenvalue weighted by Gasteiger charge is -2.41. The van der Waals surface area contributed by atoms with Crippen molar-refractivity contribution in [2.75, 3.05) is 32.7 Å². The van der Waals surface area contributed by atoms with Gasteiger partial charge in [0.15, 0.2) is 0 Å². The first-order valence-corrected chi connectivity index (χ1v) is 10.5. The topological polar surface area (TPSA) is 56.4 Å². The summed E-state index contributed by atoms with van der Waals surface area (Å²) in [6, 6.07) is 8.70. The number of nitrogens with one attached hydrogen (secondary N) is 3. The molecule has 7 heteroatoms. The molecule has 1 atom stereocenters. The zero-order chi connectivity index (χ0) is 18.9. The van der Waals surface area contributed by atoms with Crippen molar-refractivity contribution in [1.29, 1.82) is 0 Å². The second-order valence-corrected chi connectivity index (χ2v) is 9.36. The summed E-state index contributed by atoms with van der Waals surface area (Å²) in [6.45, 7) is 10.4. The number of piperidine rings is 1. The molecule has 3 aliphatic rings. The molecule has 0 aliphatic carbocycles. The molecule has 1 aromatic rings. The van der Waals surface area contributed by atoms with Crippen molar-refractivity contribution >= 4 is 30.7 Å². The van der Waals surface area contributed by atoms with E-state index in [4.69, 9.17) is 0 Å². The summed E-state index contributed by atoms with van der Waals surface area (Å²) in [5, 5.41) is 10.2. The third-order valence-corrected chi connectivity index (χ3v) is 7.02. The number of nitrogens with zero attached hydrogens (tertiary/aromatic N) is 1. The minimum atomic E-state index is -0.0474. The highest BCUT2D eigenvalue weighted by atomic mass is 35.5. The van der Waals surface area contributed by atoms with Crippen molar-refractivity contribution < 1.29 is 4.79 Å². The molecule has 0 aromatic heterocycles. The summed E-state index contributed by atoms with van der Waals surface area (Å²) in [6.07, 6.45) is 4.44. The van der Waals surface area contributed by atoms with Crippen LogP contribution in [0.15, 0.2) is 24.3 Å². The Balaban J connectivity index is 0.00000150. The second-order valence-electron chi connectivity index (χ2n) is 9.36. The van der Waals surface area contributed by atoms with Crippen LogP contribution in [0, 0.1) is 5.41 Å². The number of amides is 1. The minimum Gasteiger partial charge on any atom is -0.353 e. The van der Waals surface area contributed by atoms with Gasteiger partial charge in [0, 0.05) is 31.7 Å². The molecule has 1 amide bonds. The number of benzene rings is 1. The van der Waals surface area contributed by atoms with Crippen LogP contribution in [-0.4, -0.2) is 55.1 Å². The summed E-state index contributed by atoms with van der Waals surface area (Å²) in [5.41, 5.74) is 3.18. The van der Waals surface area contributed by atoms with Gasteiger partial charge in [-0.25, -0.2) is 0 Å². The van der Waals surface area contributed by atoms with Crippen LogP contribution in [0.2, 0.25) is 0 Å². The van der Waals surface area contributed by atoms with E-state index in [0.29, 0.717) is 12.0 Å². The molecule has 0 saturated carbocycles. The van der Waals surface area contributed by atoms with E-state index in [1.54, 1.807) is 0 Å². The van der Waals surface area contributed by atoms with Gasteiger partial charge < -0.3 is 16.0 Å².